The maximum Gasteiger partial charge on any atom is 0.253 e. The average molecular weight is 338 g/mol. The molecule has 2 aliphatic heterocycles. The highest BCUT2D eigenvalue weighted by molar-refractivity contribution is 5.97. The molecule has 0 radical (unpaired) electrons. The fourth-order valence-electron chi connectivity index (χ4n) is 3.83. The summed E-state index contributed by atoms with van der Waals surface area (Å²) in [6.45, 7) is 1.08. The summed E-state index contributed by atoms with van der Waals surface area (Å²) in [5, 5.41) is 3.16. The van der Waals surface area contributed by atoms with Crippen LogP contribution in [0.1, 0.15) is 39.1 Å². The molecule has 2 aromatic rings. The third kappa shape index (κ3) is 2.90. The van der Waals surface area contributed by atoms with E-state index in [9.17, 15) is 14.0 Å². The van der Waals surface area contributed by atoms with Gasteiger partial charge < -0.3 is 10.2 Å². The molecule has 2 heterocycles. The van der Waals surface area contributed by atoms with Crippen molar-refractivity contribution in [1.82, 2.24) is 10.2 Å². The third-order valence-corrected chi connectivity index (χ3v) is 5.25. The van der Waals surface area contributed by atoms with E-state index in [1.165, 1.54) is 24.3 Å². The second kappa shape index (κ2) is 5.99. The van der Waals surface area contributed by atoms with Crippen LogP contribution in [0, 0.1) is 5.82 Å². The number of benzene rings is 2. The lowest BCUT2D eigenvalue weighted by molar-refractivity contribution is 0.0764. The van der Waals surface area contributed by atoms with Gasteiger partial charge >= 0.3 is 0 Å². The van der Waals surface area contributed by atoms with Crippen LogP contribution in [0.4, 0.5) is 4.39 Å². The van der Waals surface area contributed by atoms with Crippen molar-refractivity contribution in [2.75, 3.05) is 13.1 Å². The lowest BCUT2D eigenvalue weighted by atomic mass is 9.91. The van der Waals surface area contributed by atoms with E-state index < -0.39 is 0 Å². The van der Waals surface area contributed by atoms with Gasteiger partial charge in [0.15, 0.2) is 0 Å². The van der Waals surface area contributed by atoms with Gasteiger partial charge in [0.1, 0.15) is 5.82 Å². The SMILES string of the molecule is O=C1N[C@@]2(CCc3ccccc31)CCN(C(=O)c1ccc(F)cc1)C2. The van der Waals surface area contributed by atoms with Gasteiger partial charge in [-0.15, -0.1) is 0 Å². The minimum atomic E-state index is -0.383. The topological polar surface area (TPSA) is 49.4 Å². The third-order valence-electron chi connectivity index (χ3n) is 5.25. The van der Waals surface area contributed by atoms with Gasteiger partial charge in [-0.2, -0.15) is 0 Å². The van der Waals surface area contributed by atoms with Gasteiger partial charge in [0, 0.05) is 24.2 Å². The van der Waals surface area contributed by atoms with Crippen molar-refractivity contribution in [3.05, 3.63) is 71.0 Å². The second-order valence-corrected chi connectivity index (χ2v) is 6.88. The van der Waals surface area contributed by atoms with Crippen molar-refractivity contribution in [1.29, 1.82) is 0 Å². The Morgan fingerprint density at radius 3 is 2.64 bits per heavy atom. The van der Waals surface area contributed by atoms with Gasteiger partial charge in [-0.3, -0.25) is 9.59 Å². The molecule has 2 amide bonds. The molecule has 1 spiro atoms. The molecule has 2 aliphatic rings. The first-order valence-corrected chi connectivity index (χ1v) is 8.52. The van der Waals surface area contributed by atoms with E-state index >= 15 is 0 Å². The molecule has 0 unspecified atom stereocenters. The van der Waals surface area contributed by atoms with Gasteiger partial charge in [-0.25, -0.2) is 4.39 Å². The van der Waals surface area contributed by atoms with Gasteiger partial charge in [-0.1, -0.05) is 18.2 Å². The normalized spacial score (nSPS) is 22.4. The van der Waals surface area contributed by atoms with Crippen molar-refractivity contribution < 1.29 is 14.0 Å². The first-order chi connectivity index (χ1) is 12.1. The highest BCUT2D eigenvalue weighted by Gasteiger charge is 2.42. The molecular weight excluding hydrogens is 319 g/mol. The first-order valence-electron chi connectivity index (χ1n) is 8.52. The van der Waals surface area contributed by atoms with Crippen LogP contribution in [0.25, 0.3) is 0 Å². The number of hydrogen-bond donors (Lipinski definition) is 1. The Bertz CT molecular complexity index is 834. The molecule has 1 N–H and O–H groups in total. The lowest BCUT2D eigenvalue weighted by Crippen LogP contribution is -2.50. The Labute approximate surface area is 145 Å². The maximum absolute atomic E-state index is 13.1. The Hall–Kier alpha value is -2.69. The second-order valence-electron chi connectivity index (χ2n) is 6.88. The number of carbonyl (C=O) groups excluding carboxylic acids is 2. The summed E-state index contributed by atoms with van der Waals surface area (Å²) < 4.78 is 13.1. The van der Waals surface area contributed by atoms with Crippen LogP contribution in [0.2, 0.25) is 0 Å². The van der Waals surface area contributed by atoms with Gasteiger partial charge in [0.2, 0.25) is 0 Å². The molecule has 25 heavy (non-hydrogen) atoms. The van der Waals surface area contributed by atoms with Crippen LogP contribution in [-0.4, -0.2) is 35.3 Å². The number of hydrogen-bond acceptors (Lipinski definition) is 2. The summed E-state index contributed by atoms with van der Waals surface area (Å²) >= 11 is 0. The van der Waals surface area contributed by atoms with E-state index in [4.69, 9.17) is 0 Å². The van der Waals surface area contributed by atoms with E-state index in [0.717, 1.165) is 30.4 Å². The van der Waals surface area contributed by atoms with Crippen LogP contribution < -0.4 is 5.32 Å². The van der Waals surface area contributed by atoms with Crippen molar-refractivity contribution in [3.8, 4) is 0 Å². The summed E-state index contributed by atoms with van der Waals surface area (Å²) in [5.41, 5.74) is 1.87. The maximum atomic E-state index is 13.1. The zero-order chi connectivity index (χ0) is 17.4. The molecule has 0 aliphatic carbocycles. The zero-order valence-electron chi connectivity index (χ0n) is 13.8. The van der Waals surface area contributed by atoms with Gasteiger partial charge in [0.25, 0.3) is 11.8 Å². The highest BCUT2D eigenvalue weighted by Crippen LogP contribution is 2.31. The number of halogens is 1. The Morgan fingerprint density at radius 1 is 1.08 bits per heavy atom. The number of nitrogens with zero attached hydrogens (tertiary/aromatic N) is 1. The molecule has 128 valence electrons. The summed E-state index contributed by atoms with van der Waals surface area (Å²) in [5.74, 6) is -0.541. The zero-order valence-corrected chi connectivity index (χ0v) is 13.8. The fourth-order valence-corrected chi connectivity index (χ4v) is 3.83. The van der Waals surface area contributed by atoms with Crippen LogP contribution in [0.15, 0.2) is 48.5 Å². The molecule has 1 atom stereocenters. The predicted octanol–water partition coefficient (Wildman–Crippen LogP) is 2.79. The molecule has 4 nitrogen and oxygen atoms in total. The molecule has 4 rings (SSSR count). The van der Waals surface area contributed by atoms with E-state index in [2.05, 4.69) is 5.32 Å². The number of nitrogens with one attached hydrogen (secondary N) is 1. The molecule has 0 saturated carbocycles. The highest BCUT2D eigenvalue weighted by atomic mass is 19.1. The minimum Gasteiger partial charge on any atom is -0.345 e. The van der Waals surface area contributed by atoms with Crippen molar-refractivity contribution >= 4 is 11.8 Å². The van der Waals surface area contributed by atoms with Gasteiger partial charge in [0.05, 0.1) is 5.54 Å². The summed E-state index contributed by atoms with van der Waals surface area (Å²) in [6.07, 6.45) is 2.36. The van der Waals surface area contributed by atoms with Crippen molar-refractivity contribution in [2.45, 2.75) is 24.8 Å². The molecule has 0 bridgehead atoms. The van der Waals surface area contributed by atoms with Crippen LogP contribution in [0.3, 0.4) is 0 Å². The molecule has 1 saturated heterocycles. The summed E-state index contributed by atoms with van der Waals surface area (Å²) in [7, 11) is 0. The molecule has 1 fully saturated rings. The van der Waals surface area contributed by atoms with E-state index in [1.807, 2.05) is 24.3 Å². The average Bonchev–Trinajstić information content (AvgIpc) is 2.98. The van der Waals surface area contributed by atoms with E-state index in [1.54, 1.807) is 4.90 Å². The number of fused-ring (bicyclic) bond motifs is 1. The van der Waals surface area contributed by atoms with E-state index in [-0.39, 0.29) is 23.2 Å². The Balaban J connectivity index is 1.53. The monoisotopic (exact) mass is 338 g/mol. The smallest absolute Gasteiger partial charge is 0.253 e. The molecule has 2 aromatic carbocycles. The number of aryl methyl sites for hydroxylation is 1. The Kier molecular flexibility index (Phi) is 3.79. The van der Waals surface area contributed by atoms with Crippen LogP contribution >= 0.6 is 0 Å². The minimum absolute atomic E-state index is 0.0656. The quantitative estimate of drug-likeness (QED) is 0.869. The van der Waals surface area contributed by atoms with Gasteiger partial charge in [-0.05, 0) is 55.2 Å². The summed E-state index contributed by atoms with van der Waals surface area (Å²) in [4.78, 5) is 27.0. The van der Waals surface area contributed by atoms with Crippen LogP contribution in [0.5, 0.6) is 0 Å². The summed E-state index contributed by atoms with van der Waals surface area (Å²) in [6, 6.07) is 13.3. The molecule has 0 aromatic heterocycles. The fraction of sp³-hybridized carbons (Fsp3) is 0.300. The van der Waals surface area contributed by atoms with Crippen molar-refractivity contribution in [2.24, 2.45) is 0 Å². The van der Waals surface area contributed by atoms with E-state index in [0.29, 0.717) is 18.7 Å². The number of rotatable bonds is 1. The molecule has 5 heteroatoms. The standard InChI is InChI=1S/C20H19FN2O2/c21-16-7-5-15(6-8-16)19(25)23-12-11-20(13-23)10-9-14-3-1-2-4-17(14)18(24)22-20/h1-8H,9-13H2,(H,22,24)/t20-/m0/s1. The largest absolute Gasteiger partial charge is 0.345 e. The first kappa shape index (κ1) is 15.8. The lowest BCUT2D eigenvalue weighted by Gasteiger charge is -2.29. The number of amides is 2. The molecular formula is C20H19FN2O2. The predicted molar refractivity (Wildman–Crippen MR) is 91.9 cm³/mol. The van der Waals surface area contributed by atoms with Crippen molar-refractivity contribution in [3.63, 3.8) is 0 Å². The Morgan fingerprint density at radius 2 is 1.84 bits per heavy atom. The number of likely N-dealkylation sites (tertiary alicyclic amines) is 1. The number of carbonyl (C=O) groups is 2. The van der Waals surface area contributed by atoms with Crippen LogP contribution in [-0.2, 0) is 6.42 Å².